The van der Waals surface area contributed by atoms with Crippen LogP contribution in [0.15, 0.2) is 24.3 Å². The monoisotopic (exact) mass is 310 g/mol. The average molecular weight is 311 g/mol. The molecule has 0 radical (unpaired) electrons. The smallest absolute Gasteiger partial charge is 0.407 e. The predicted molar refractivity (Wildman–Crippen MR) is 80.3 cm³/mol. The molecule has 0 unspecified atom stereocenters. The predicted octanol–water partition coefficient (Wildman–Crippen LogP) is 2.23. The minimum absolute atomic E-state index is 0.0691. The molecule has 1 heterocycles. The summed E-state index contributed by atoms with van der Waals surface area (Å²) in [6.07, 6.45) is 1.37. The number of carbonyl (C=O) groups is 2. The standard InChI is InChI=1S/C15H19ClN2O3/c1-21-15(20)17-12-6-8-18(9-7-12)14(19)10-11-4-2-3-5-13(11)16/h2-5,12H,6-10H2,1H3,(H,17,20). The van der Waals surface area contributed by atoms with Crippen LogP contribution >= 0.6 is 11.6 Å². The highest BCUT2D eigenvalue weighted by Gasteiger charge is 2.24. The molecular formula is C15H19ClN2O3. The number of rotatable bonds is 3. The van der Waals surface area contributed by atoms with Crippen molar-refractivity contribution in [3.8, 4) is 0 Å². The fourth-order valence-electron chi connectivity index (χ4n) is 2.42. The van der Waals surface area contributed by atoms with E-state index in [2.05, 4.69) is 10.1 Å². The van der Waals surface area contributed by atoms with Gasteiger partial charge >= 0.3 is 6.09 Å². The van der Waals surface area contributed by atoms with Crippen molar-refractivity contribution in [3.63, 3.8) is 0 Å². The molecule has 1 fully saturated rings. The number of alkyl carbamates (subject to hydrolysis) is 1. The van der Waals surface area contributed by atoms with E-state index in [1.807, 2.05) is 23.1 Å². The minimum Gasteiger partial charge on any atom is -0.453 e. The molecule has 0 bridgehead atoms. The Morgan fingerprint density at radius 3 is 2.62 bits per heavy atom. The number of hydrogen-bond donors (Lipinski definition) is 1. The van der Waals surface area contributed by atoms with E-state index in [9.17, 15) is 9.59 Å². The average Bonchev–Trinajstić information content (AvgIpc) is 2.50. The van der Waals surface area contributed by atoms with Crippen molar-refractivity contribution in [1.29, 1.82) is 0 Å². The van der Waals surface area contributed by atoms with Gasteiger partial charge in [0.25, 0.3) is 0 Å². The Hall–Kier alpha value is -1.75. The molecule has 21 heavy (non-hydrogen) atoms. The molecule has 1 aliphatic rings. The van der Waals surface area contributed by atoms with Gasteiger partial charge in [-0.05, 0) is 24.5 Å². The molecular weight excluding hydrogens is 292 g/mol. The van der Waals surface area contributed by atoms with Crippen LogP contribution in [0.1, 0.15) is 18.4 Å². The maximum atomic E-state index is 12.3. The maximum absolute atomic E-state index is 12.3. The zero-order valence-electron chi connectivity index (χ0n) is 12.0. The van der Waals surface area contributed by atoms with E-state index >= 15 is 0 Å². The molecule has 0 aliphatic carbocycles. The third-order valence-electron chi connectivity index (χ3n) is 3.65. The zero-order chi connectivity index (χ0) is 15.2. The third-order valence-corrected chi connectivity index (χ3v) is 4.02. The van der Waals surface area contributed by atoms with E-state index < -0.39 is 6.09 Å². The summed E-state index contributed by atoms with van der Waals surface area (Å²) in [5, 5.41) is 3.39. The number of halogens is 1. The molecule has 1 aromatic rings. The van der Waals surface area contributed by atoms with Crippen molar-refractivity contribution >= 4 is 23.6 Å². The summed E-state index contributed by atoms with van der Waals surface area (Å²) in [6.45, 7) is 1.27. The number of ether oxygens (including phenoxy) is 1. The van der Waals surface area contributed by atoms with Crippen molar-refractivity contribution in [2.45, 2.75) is 25.3 Å². The number of carbonyl (C=O) groups excluding carboxylic acids is 2. The van der Waals surface area contributed by atoms with E-state index in [1.165, 1.54) is 7.11 Å². The number of nitrogens with zero attached hydrogens (tertiary/aromatic N) is 1. The van der Waals surface area contributed by atoms with Crippen molar-refractivity contribution in [1.82, 2.24) is 10.2 Å². The fraction of sp³-hybridized carbons (Fsp3) is 0.467. The highest BCUT2D eigenvalue weighted by atomic mass is 35.5. The summed E-state index contributed by atoms with van der Waals surface area (Å²) in [7, 11) is 1.34. The fourth-order valence-corrected chi connectivity index (χ4v) is 2.62. The molecule has 1 N–H and O–H groups in total. The Morgan fingerprint density at radius 1 is 1.33 bits per heavy atom. The van der Waals surface area contributed by atoms with E-state index in [0.29, 0.717) is 24.5 Å². The van der Waals surface area contributed by atoms with E-state index in [0.717, 1.165) is 18.4 Å². The third kappa shape index (κ3) is 4.36. The lowest BCUT2D eigenvalue weighted by Crippen LogP contribution is -2.46. The number of nitrogens with one attached hydrogen (secondary N) is 1. The van der Waals surface area contributed by atoms with Crippen LogP contribution in [-0.4, -0.2) is 43.1 Å². The number of hydrogen-bond acceptors (Lipinski definition) is 3. The van der Waals surface area contributed by atoms with Gasteiger partial charge in [0, 0.05) is 24.2 Å². The van der Waals surface area contributed by atoms with Gasteiger partial charge in [-0.3, -0.25) is 4.79 Å². The van der Waals surface area contributed by atoms with Gasteiger partial charge in [0.05, 0.1) is 13.5 Å². The lowest BCUT2D eigenvalue weighted by molar-refractivity contribution is -0.131. The molecule has 2 amide bonds. The SMILES string of the molecule is COC(=O)NC1CCN(C(=O)Cc2ccccc2Cl)CC1. The van der Waals surface area contributed by atoms with Crippen LogP contribution in [0.4, 0.5) is 4.79 Å². The van der Waals surface area contributed by atoms with E-state index in [1.54, 1.807) is 6.07 Å². The number of methoxy groups -OCH3 is 1. The summed E-state index contributed by atoms with van der Waals surface area (Å²) >= 11 is 6.07. The van der Waals surface area contributed by atoms with Gasteiger partial charge in [0.15, 0.2) is 0 Å². The van der Waals surface area contributed by atoms with E-state index in [4.69, 9.17) is 11.6 Å². The molecule has 5 nitrogen and oxygen atoms in total. The van der Waals surface area contributed by atoms with Gasteiger partial charge < -0.3 is 15.0 Å². The minimum atomic E-state index is -0.421. The van der Waals surface area contributed by atoms with Crippen LogP contribution in [0, 0.1) is 0 Å². The number of likely N-dealkylation sites (tertiary alicyclic amines) is 1. The Labute approximate surface area is 129 Å². The molecule has 6 heteroatoms. The summed E-state index contributed by atoms with van der Waals surface area (Å²) in [5.74, 6) is 0.0691. The van der Waals surface area contributed by atoms with Gasteiger partial charge in [-0.25, -0.2) is 4.79 Å². The Morgan fingerprint density at radius 2 is 2.00 bits per heavy atom. The topological polar surface area (TPSA) is 58.6 Å². The molecule has 0 atom stereocenters. The quantitative estimate of drug-likeness (QED) is 0.931. The second-order valence-electron chi connectivity index (χ2n) is 5.06. The van der Waals surface area contributed by atoms with Crippen molar-refractivity contribution in [2.75, 3.05) is 20.2 Å². The zero-order valence-corrected chi connectivity index (χ0v) is 12.7. The summed E-state index contributed by atoms with van der Waals surface area (Å²) < 4.78 is 4.57. The molecule has 2 rings (SSSR count). The first kappa shape index (κ1) is 15.6. The van der Waals surface area contributed by atoms with Gasteiger partial charge in [-0.1, -0.05) is 29.8 Å². The van der Waals surface area contributed by atoms with Crippen LogP contribution in [0.5, 0.6) is 0 Å². The number of benzene rings is 1. The molecule has 114 valence electrons. The Bertz CT molecular complexity index is 513. The summed E-state index contributed by atoms with van der Waals surface area (Å²) in [6, 6.07) is 7.45. The molecule has 0 spiro atoms. The van der Waals surface area contributed by atoms with Crippen molar-refractivity contribution in [2.24, 2.45) is 0 Å². The first-order valence-electron chi connectivity index (χ1n) is 6.96. The molecule has 0 saturated carbocycles. The first-order valence-corrected chi connectivity index (χ1v) is 7.33. The highest BCUT2D eigenvalue weighted by molar-refractivity contribution is 6.31. The van der Waals surface area contributed by atoms with Gasteiger partial charge in [-0.2, -0.15) is 0 Å². The maximum Gasteiger partial charge on any atom is 0.407 e. The second-order valence-corrected chi connectivity index (χ2v) is 5.47. The van der Waals surface area contributed by atoms with Gasteiger partial charge in [-0.15, -0.1) is 0 Å². The Balaban J connectivity index is 1.83. The summed E-state index contributed by atoms with van der Waals surface area (Å²) in [4.78, 5) is 25.2. The van der Waals surface area contributed by atoms with Crippen LogP contribution in [0.2, 0.25) is 5.02 Å². The summed E-state index contributed by atoms with van der Waals surface area (Å²) in [5.41, 5.74) is 0.846. The normalized spacial score (nSPS) is 15.6. The van der Waals surface area contributed by atoms with Gasteiger partial charge in [0.2, 0.25) is 5.91 Å². The Kier molecular flexibility index (Phi) is 5.44. The number of piperidine rings is 1. The van der Waals surface area contributed by atoms with E-state index in [-0.39, 0.29) is 11.9 Å². The van der Waals surface area contributed by atoms with Gasteiger partial charge in [0.1, 0.15) is 0 Å². The lowest BCUT2D eigenvalue weighted by atomic mass is 10.0. The van der Waals surface area contributed by atoms with Crippen LogP contribution in [0.3, 0.4) is 0 Å². The second kappa shape index (κ2) is 7.31. The van der Waals surface area contributed by atoms with Crippen LogP contribution in [0.25, 0.3) is 0 Å². The molecule has 1 saturated heterocycles. The lowest BCUT2D eigenvalue weighted by Gasteiger charge is -2.32. The first-order chi connectivity index (χ1) is 10.1. The number of amides is 2. The van der Waals surface area contributed by atoms with Crippen molar-refractivity contribution in [3.05, 3.63) is 34.9 Å². The largest absolute Gasteiger partial charge is 0.453 e. The highest BCUT2D eigenvalue weighted by Crippen LogP contribution is 2.18. The van der Waals surface area contributed by atoms with Crippen LogP contribution in [-0.2, 0) is 16.0 Å². The van der Waals surface area contributed by atoms with Crippen LogP contribution < -0.4 is 5.32 Å². The molecule has 1 aliphatic heterocycles. The molecule has 0 aromatic heterocycles. The molecule has 1 aromatic carbocycles. The van der Waals surface area contributed by atoms with Crippen molar-refractivity contribution < 1.29 is 14.3 Å².